The molecule has 104 valence electrons. The van der Waals surface area contributed by atoms with E-state index in [0.29, 0.717) is 11.7 Å². The van der Waals surface area contributed by atoms with Crippen molar-refractivity contribution in [2.75, 3.05) is 7.05 Å². The number of amides is 1. The number of carbonyl (C=O) groups is 1. The van der Waals surface area contributed by atoms with E-state index in [2.05, 4.69) is 33.7 Å². The first-order valence-electron chi connectivity index (χ1n) is 6.89. The third-order valence-electron chi connectivity index (χ3n) is 3.75. The van der Waals surface area contributed by atoms with Crippen LogP contribution in [0.1, 0.15) is 41.6 Å². The van der Waals surface area contributed by atoms with Crippen LogP contribution >= 0.6 is 0 Å². The van der Waals surface area contributed by atoms with Crippen molar-refractivity contribution in [2.45, 2.75) is 31.6 Å². The molecule has 5 heteroatoms. The number of nitrogens with zero attached hydrogens (tertiary/aromatic N) is 2. The summed E-state index contributed by atoms with van der Waals surface area (Å²) >= 11 is 0. The van der Waals surface area contributed by atoms with Crippen LogP contribution < -0.4 is 5.32 Å². The number of aromatic nitrogens is 2. The van der Waals surface area contributed by atoms with Crippen molar-refractivity contribution in [1.29, 1.82) is 0 Å². The normalized spacial score (nSPS) is 17.6. The summed E-state index contributed by atoms with van der Waals surface area (Å²) in [7, 11) is 1.60. The Morgan fingerprint density at radius 3 is 3.15 bits per heavy atom. The molecule has 0 radical (unpaired) electrons. The number of carbonyl (C=O) groups excluding carboxylic acids is 1. The number of likely N-dealkylation sites (N-methyl/N-ethyl adjacent to an activating group) is 1. The van der Waals surface area contributed by atoms with E-state index in [1.807, 2.05) is 6.07 Å². The average molecular weight is 271 g/mol. The third kappa shape index (κ3) is 2.43. The largest absolute Gasteiger partial charge is 0.359 e. The molecule has 20 heavy (non-hydrogen) atoms. The first-order chi connectivity index (χ1) is 9.78. The van der Waals surface area contributed by atoms with Gasteiger partial charge in [-0.25, -0.2) is 0 Å². The van der Waals surface area contributed by atoms with Crippen LogP contribution in [-0.2, 0) is 17.6 Å². The van der Waals surface area contributed by atoms with Crippen LogP contribution in [0, 0.1) is 0 Å². The van der Waals surface area contributed by atoms with E-state index in [0.717, 1.165) is 19.3 Å². The second-order valence-electron chi connectivity index (χ2n) is 5.04. The van der Waals surface area contributed by atoms with Crippen molar-refractivity contribution >= 4 is 5.91 Å². The monoisotopic (exact) mass is 271 g/mol. The molecule has 0 saturated carbocycles. The molecule has 1 atom stereocenters. The van der Waals surface area contributed by atoms with Crippen molar-refractivity contribution in [3.63, 3.8) is 0 Å². The van der Waals surface area contributed by atoms with Crippen LogP contribution in [0.4, 0.5) is 0 Å². The van der Waals surface area contributed by atoms with E-state index >= 15 is 0 Å². The van der Waals surface area contributed by atoms with Crippen LogP contribution in [0.25, 0.3) is 0 Å². The van der Waals surface area contributed by atoms with Gasteiger partial charge in [0.2, 0.25) is 11.8 Å². The molecule has 0 saturated heterocycles. The Hall–Kier alpha value is -2.17. The lowest BCUT2D eigenvalue weighted by molar-refractivity contribution is -0.120. The van der Waals surface area contributed by atoms with Crippen LogP contribution in [0.2, 0.25) is 0 Å². The third-order valence-corrected chi connectivity index (χ3v) is 3.75. The molecule has 1 aliphatic carbocycles. The fourth-order valence-electron chi connectivity index (χ4n) is 2.72. The molecule has 1 N–H and O–H groups in total. The summed E-state index contributed by atoms with van der Waals surface area (Å²) in [4.78, 5) is 15.7. The highest BCUT2D eigenvalue weighted by Crippen LogP contribution is 2.35. The quantitative estimate of drug-likeness (QED) is 0.924. The SMILES string of the molecule is CNC(=O)Cc1noc([C@@H]2CCCc3ccccc32)n1. The van der Waals surface area contributed by atoms with Gasteiger partial charge in [-0.2, -0.15) is 4.98 Å². The Kier molecular flexibility index (Phi) is 3.50. The van der Waals surface area contributed by atoms with E-state index in [9.17, 15) is 4.79 Å². The number of hydrogen-bond acceptors (Lipinski definition) is 4. The van der Waals surface area contributed by atoms with Crippen LogP contribution in [0.5, 0.6) is 0 Å². The summed E-state index contributed by atoms with van der Waals surface area (Å²) in [5.41, 5.74) is 2.63. The number of aryl methyl sites for hydroxylation is 1. The first kappa shape index (κ1) is 12.8. The fraction of sp³-hybridized carbons (Fsp3) is 0.400. The number of benzene rings is 1. The first-order valence-corrected chi connectivity index (χ1v) is 6.89. The van der Waals surface area contributed by atoms with Gasteiger partial charge in [0.05, 0.1) is 12.3 Å². The van der Waals surface area contributed by atoms with Gasteiger partial charge >= 0.3 is 0 Å². The van der Waals surface area contributed by atoms with E-state index in [4.69, 9.17) is 4.52 Å². The predicted octanol–water partition coefficient (Wildman–Crippen LogP) is 1.83. The van der Waals surface area contributed by atoms with Gasteiger partial charge in [-0.1, -0.05) is 29.4 Å². The summed E-state index contributed by atoms with van der Waals surface area (Å²) in [6.07, 6.45) is 3.40. The number of fused-ring (bicyclic) bond motifs is 1. The summed E-state index contributed by atoms with van der Waals surface area (Å²) in [6.45, 7) is 0. The topological polar surface area (TPSA) is 68.0 Å². The van der Waals surface area contributed by atoms with Gasteiger partial charge in [-0.05, 0) is 30.4 Å². The van der Waals surface area contributed by atoms with E-state index in [-0.39, 0.29) is 18.2 Å². The standard InChI is InChI=1S/C15H17N3O2/c1-16-14(19)9-13-17-15(20-18-13)12-8-4-6-10-5-2-3-7-11(10)12/h2-3,5,7,12H,4,6,8-9H2,1H3,(H,16,19)/t12-/m1/s1. The molecule has 1 heterocycles. The Bertz CT molecular complexity index is 621. The maximum atomic E-state index is 11.3. The zero-order valence-electron chi connectivity index (χ0n) is 11.4. The number of nitrogens with one attached hydrogen (secondary N) is 1. The summed E-state index contributed by atoms with van der Waals surface area (Å²) in [6, 6.07) is 8.39. The molecule has 1 amide bonds. The highest BCUT2D eigenvalue weighted by molar-refractivity contribution is 5.77. The Morgan fingerprint density at radius 2 is 2.30 bits per heavy atom. The smallest absolute Gasteiger partial charge is 0.234 e. The predicted molar refractivity (Wildman–Crippen MR) is 73.3 cm³/mol. The highest BCUT2D eigenvalue weighted by Gasteiger charge is 2.26. The second kappa shape index (κ2) is 5.45. The molecule has 0 unspecified atom stereocenters. The molecular weight excluding hydrogens is 254 g/mol. The molecule has 5 nitrogen and oxygen atoms in total. The van der Waals surface area contributed by atoms with Crippen molar-refractivity contribution in [3.05, 3.63) is 47.1 Å². The minimum Gasteiger partial charge on any atom is -0.359 e. The molecule has 0 bridgehead atoms. The lowest BCUT2D eigenvalue weighted by Crippen LogP contribution is -2.20. The second-order valence-corrected chi connectivity index (χ2v) is 5.04. The van der Waals surface area contributed by atoms with E-state index in [1.54, 1.807) is 7.05 Å². The van der Waals surface area contributed by atoms with Crippen molar-refractivity contribution in [1.82, 2.24) is 15.5 Å². The summed E-state index contributed by atoms with van der Waals surface area (Å²) in [5, 5.41) is 6.46. The van der Waals surface area contributed by atoms with Crippen molar-refractivity contribution < 1.29 is 9.32 Å². The minimum atomic E-state index is -0.110. The Labute approximate surface area is 117 Å². The van der Waals surface area contributed by atoms with Gasteiger partial charge in [0.25, 0.3) is 0 Å². The molecule has 0 spiro atoms. The van der Waals surface area contributed by atoms with Crippen LogP contribution in [0.15, 0.2) is 28.8 Å². The molecule has 1 aliphatic rings. The maximum absolute atomic E-state index is 11.3. The summed E-state index contributed by atoms with van der Waals surface area (Å²) < 4.78 is 5.37. The molecule has 1 aromatic carbocycles. The number of hydrogen-bond donors (Lipinski definition) is 1. The van der Waals surface area contributed by atoms with Gasteiger partial charge in [0.1, 0.15) is 0 Å². The van der Waals surface area contributed by atoms with Crippen LogP contribution in [0.3, 0.4) is 0 Å². The number of rotatable bonds is 3. The van der Waals surface area contributed by atoms with Gasteiger partial charge in [0, 0.05) is 7.05 Å². The molecule has 3 rings (SSSR count). The van der Waals surface area contributed by atoms with Gasteiger partial charge in [-0.3, -0.25) is 4.79 Å². The van der Waals surface area contributed by atoms with Gasteiger partial charge in [-0.15, -0.1) is 0 Å². The van der Waals surface area contributed by atoms with E-state index in [1.165, 1.54) is 11.1 Å². The average Bonchev–Trinajstić information content (AvgIpc) is 2.94. The zero-order valence-corrected chi connectivity index (χ0v) is 11.4. The van der Waals surface area contributed by atoms with Crippen LogP contribution in [-0.4, -0.2) is 23.1 Å². The maximum Gasteiger partial charge on any atom is 0.234 e. The lowest BCUT2D eigenvalue weighted by Gasteiger charge is -2.22. The highest BCUT2D eigenvalue weighted by atomic mass is 16.5. The molecule has 2 aromatic rings. The molecule has 1 aromatic heterocycles. The molecule has 0 aliphatic heterocycles. The summed E-state index contributed by atoms with van der Waals surface area (Å²) in [5.74, 6) is 1.12. The van der Waals surface area contributed by atoms with E-state index < -0.39 is 0 Å². The van der Waals surface area contributed by atoms with Gasteiger partial charge < -0.3 is 9.84 Å². The molecular formula is C15H17N3O2. The Morgan fingerprint density at radius 1 is 1.45 bits per heavy atom. The van der Waals surface area contributed by atoms with Crippen molar-refractivity contribution in [2.24, 2.45) is 0 Å². The van der Waals surface area contributed by atoms with Gasteiger partial charge in [0.15, 0.2) is 5.82 Å². The minimum absolute atomic E-state index is 0.110. The molecule has 0 fully saturated rings. The zero-order chi connectivity index (χ0) is 13.9. The fourth-order valence-corrected chi connectivity index (χ4v) is 2.72. The van der Waals surface area contributed by atoms with Crippen molar-refractivity contribution in [3.8, 4) is 0 Å². The Balaban J connectivity index is 1.85. The lowest BCUT2D eigenvalue weighted by atomic mass is 9.83.